The lowest BCUT2D eigenvalue weighted by molar-refractivity contribution is -0.118. The van der Waals surface area contributed by atoms with Gasteiger partial charge in [-0.15, -0.1) is 0 Å². The van der Waals surface area contributed by atoms with E-state index in [1.165, 1.54) is 21.9 Å². The van der Waals surface area contributed by atoms with Gasteiger partial charge in [0.05, 0.1) is 28.8 Å². The van der Waals surface area contributed by atoms with Crippen LogP contribution in [0.15, 0.2) is 56.9 Å². The zero-order valence-corrected chi connectivity index (χ0v) is 20.0. The molecule has 1 aliphatic heterocycles. The third kappa shape index (κ3) is 4.29. The van der Waals surface area contributed by atoms with Crippen molar-refractivity contribution in [3.63, 3.8) is 0 Å². The van der Waals surface area contributed by atoms with Gasteiger partial charge >= 0.3 is 0 Å². The lowest BCUT2D eigenvalue weighted by Gasteiger charge is -2.26. The fourth-order valence-electron chi connectivity index (χ4n) is 3.99. The zero-order valence-electron chi connectivity index (χ0n) is 17.6. The Morgan fingerprint density at radius 3 is 2.77 bits per heavy atom. The van der Waals surface area contributed by atoms with Crippen LogP contribution < -0.4 is 10.5 Å². The molecule has 0 saturated carbocycles. The van der Waals surface area contributed by atoms with E-state index in [1.807, 2.05) is 43.0 Å². The van der Waals surface area contributed by atoms with Gasteiger partial charge < -0.3 is 10.0 Å². The molecular weight excluding hydrogens is 478 g/mol. The third-order valence-electron chi connectivity index (χ3n) is 5.40. The predicted octanol–water partition coefficient (Wildman–Crippen LogP) is 4.00. The summed E-state index contributed by atoms with van der Waals surface area (Å²) in [7, 11) is 0. The molecule has 0 bridgehead atoms. The number of halogens is 1. The number of benzene rings is 2. The van der Waals surface area contributed by atoms with Gasteiger partial charge in [0.1, 0.15) is 0 Å². The maximum atomic E-state index is 13.4. The average molecular weight is 502 g/mol. The quantitative estimate of drug-likeness (QED) is 0.422. The lowest BCUT2D eigenvalue weighted by Crippen LogP contribution is -2.40. The van der Waals surface area contributed by atoms with Crippen LogP contribution in [0.1, 0.15) is 26.3 Å². The molecule has 3 atom stereocenters. The number of amides is 1. The Hall–Kier alpha value is -2.16. The van der Waals surface area contributed by atoms with Gasteiger partial charge in [-0.1, -0.05) is 45.9 Å². The first-order chi connectivity index (χ1) is 14.8. The normalized spacial score (nSPS) is 17.6. The number of carbonyl (C=O) groups excluding carboxylic acids is 1. The van der Waals surface area contributed by atoms with Gasteiger partial charge in [-0.05, 0) is 57.0 Å². The summed E-state index contributed by atoms with van der Waals surface area (Å²) in [6.45, 7) is 5.62. The molecular formula is C23H24BrN3O3S. The minimum atomic E-state index is -0.722. The number of thioether (sulfide) groups is 1. The van der Waals surface area contributed by atoms with E-state index < -0.39 is 11.4 Å². The Labute approximate surface area is 193 Å². The van der Waals surface area contributed by atoms with Crippen molar-refractivity contribution in [2.45, 2.75) is 56.3 Å². The highest BCUT2D eigenvalue weighted by Gasteiger charge is 2.34. The third-order valence-corrected chi connectivity index (χ3v) is 6.97. The topological polar surface area (TPSA) is 75.4 Å². The Kier molecular flexibility index (Phi) is 6.23. The van der Waals surface area contributed by atoms with Crippen LogP contribution in [0.5, 0.6) is 0 Å². The van der Waals surface area contributed by atoms with Crippen molar-refractivity contribution in [2.75, 3.05) is 4.90 Å². The minimum absolute atomic E-state index is 0.0174. The Bertz CT molecular complexity index is 1210. The molecule has 0 saturated heterocycles. The van der Waals surface area contributed by atoms with E-state index in [4.69, 9.17) is 0 Å². The summed E-state index contributed by atoms with van der Waals surface area (Å²) in [6, 6.07) is 13.4. The van der Waals surface area contributed by atoms with Crippen molar-refractivity contribution in [1.82, 2.24) is 9.55 Å². The summed E-state index contributed by atoms with van der Waals surface area (Å²) < 4.78 is 2.25. The number of aromatic nitrogens is 2. The highest BCUT2D eigenvalue weighted by molar-refractivity contribution is 9.10. The number of fused-ring (bicyclic) bond motifs is 2. The molecule has 8 heteroatoms. The lowest BCUT2D eigenvalue weighted by atomic mass is 10.1. The first-order valence-corrected chi connectivity index (χ1v) is 11.9. The summed E-state index contributed by atoms with van der Waals surface area (Å²) in [5.41, 5.74) is 2.46. The molecule has 1 amide bonds. The average Bonchev–Trinajstić information content (AvgIpc) is 3.06. The maximum absolute atomic E-state index is 13.4. The molecule has 0 aliphatic carbocycles. The molecule has 1 aromatic heterocycles. The molecule has 3 aromatic rings. The molecule has 2 aromatic carbocycles. The standard InChI is InChI=1S/C23H24BrN3O3S/c1-13-10-16-6-4-5-7-20(16)27(13)21(29)15(3)31-23-25-19-9-8-17(24)11-18(19)22(30)26(23)12-14(2)28/h4-9,11,13-15,28H,10,12H2,1-3H3/t13-,14-,15-/m0/s1. The molecule has 162 valence electrons. The predicted molar refractivity (Wildman–Crippen MR) is 128 cm³/mol. The zero-order chi connectivity index (χ0) is 22.3. The minimum Gasteiger partial charge on any atom is -0.392 e. The van der Waals surface area contributed by atoms with Gasteiger partial charge in [0, 0.05) is 16.2 Å². The van der Waals surface area contributed by atoms with Crippen LogP contribution in [0.3, 0.4) is 0 Å². The largest absolute Gasteiger partial charge is 0.392 e. The molecule has 0 spiro atoms. The van der Waals surface area contributed by atoms with Crippen molar-refractivity contribution < 1.29 is 9.90 Å². The fourth-order valence-corrected chi connectivity index (χ4v) is 5.32. The number of carbonyl (C=O) groups is 1. The van der Waals surface area contributed by atoms with Crippen molar-refractivity contribution in [2.24, 2.45) is 0 Å². The first-order valence-electron chi connectivity index (χ1n) is 10.2. The van der Waals surface area contributed by atoms with Crippen molar-refractivity contribution >= 4 is 50.2 Å². The molecule has 0 unspecified atom stereocenters. The van der Waals surface area contributed by atoms with E-state index in [-0.39, 0.29) is 24.1 Å². The van der Waals surface area contributed by atoms with E-state index in [0.717, 1.165) is 16.6 Å². The maximum Gasteiger partial charge on any atom is 0.262 e. The highest BCUT2D eigenvalue weighted by Crippen LogP contribution is 2.34. The Morgan fingerprint density at radius 2 is 2.03 bits per heavy atom. The molecule has 1 aliphatic rings. The number of hydrogen-bond donors (Lipinski definition) is 1. The molecule has 31 heavy (non-hydrogen) atoms. The molecule has 2 heterocycles. The Balaban J connectivity index is 1.70. The van der Waals surface area contributed by atoms with Gasteiger partial charge in [-0.25, -0.2) is 4.98 Å². The summed E-state index contributed by atoms with van der Waals surface area (Å²) in [5.74, 6) is -0.0174. The summed E-state index contributed by atoms with van der Waals surface area (Å²) in [4.78, 5) is 33.0. The van der Waals surface area contributed by atoms with Crippen LogP contribution in [0.25, 0.3) is 10.9 Å². The van der Waals surface area contributed by atoms with E-state index in [1.54, 1.807) is 19.1 Å². The second-order valence-electron chi connectivity index (χ2n) is 7.97. The van der Waals surface area contributed by atoms with Crippen LogP contribution in [0.4, 0.5) is 5.69 Å². The van der Waals surface area contributed by atoms with Gasteiger partial charge in [0.15, 0.2) is 5.16 Å². The molecule has 1 N–H and O–H groups in total. The number of aliphatic hydroxyl groups excluding tert-OH is 1. The van der Waals surface area contributed by atoms with Gasteiger partial charge in [-0.3, -0.25) is 14.2 Å². The number of hydrogen-bond acceptors (Lipinski definition) is 5. The van der Waals surface area contributed by atoms with E-state index in [0.29, 0.717) is 16.1 Å². The number of anilines is 1. The molecule has 0 radical (unpaired) electrons. The van der Waals surface area contributed by atoms with Crippen LogP contribution in [-0.4, -0.2) is 38.0 Å². The monoisotopic (exact) mass is 501 g/mol. The van der Waals surface area contributed by atoms with Crippen LogP contribution >= 0.6 is 27.7 Å². The van der Waals surface area contributed by atoms with Crippen molar-refractivity contribution in [3.05, 3.63) is 62.9 Å². The second kappa shape index (κ2) is 8.76. The summed E-state index contributed by atoms with van der Waals surface area (Å²) in [6.07, 6.45) is 0.106. The number of rotatable bonds is 5. The number of aliphatic hydroxyl groups is 1. The SMILES string of the molecule is C[C@H](O)Cn1c(S[C@@H](C)C(=O)N2c3ccccc3C[C@@H]2C)nc2ccc(Br)cc2c1=O. The van der Waals surface area contributed by atoms with Crippen LogP contribution in [-0.2, 0) is 17.8 Å². The van der Waals surface area contributed by atoms with Crippen LogP contribution in [0.2, 0.25) is 0 Å². The van der Waals surface area contributed by atoms with E-state index in [9.17, 15) is 14.7 Å². The molecule has 4 rings (SSSR count). The van der Waals surface area contributed by atoms with Crippen LogP contribution in [0, 0.1) is 0 Å². The molecule has 0 fully saturated rings. The fraction of sp³-hybridized carbons (Fsp3) is 0.348. The van der Waals surface area contributed by atoms with Crippen molar-refractivity contribution in [1.29, 1.82) is 0 Å². The van der Waals surface area contributed by atoms with Gasteiger partial charge in [0.2, 0.25) is 5.91 Å². The van der Waals surface area contributed by atoms with E-state index >= 15 is 0 Å². The van der Waals surface area contributed by atoms with Gasteiger partial charge in [-0.2, -0.15) is 0 Å². The second-order valence-corrected chi connectivity index (χ2v) is 10.2. The first kappa shape index (κ1) is 22.0. The Morgan fingerprint density at radius 1 is 1.29 bits per heavy atom. The van der Waals surface area contributed by atoms with Gasteiger partial charge in [0.25, 0.3) is 5.56 Å². The van der Waals surface area contributed by atoms with Crippen molar-refractivity contribution in [3.8, 4) is 0 Å². The summed E-state index contributed by atoms with van der Waals surface area (Å²) in [5, 5.41) is 10.4. The molecule has 6 nitrogen and oxygen atoms in total. The number of para-hydroxylation sites is 1. The van der Waals surface area contributed by atoms with E-state index in [2.05, 4.69) is 27.0 Å². The smallest absolute Gasteiger partial charge is 0.262 e. The highest BCUT2D eigenvalue weighted by atomic mass is 79.9. The number of nitrogens with zero attached hydrogens (tertiary/aromatic N) is 3. The summed E-state index contributed by atoms with van der Waals surface area (Å²) >= 11 is 4.65.